The third-order valence-electron chi connectivity index (χ3n) is 3.51. The summed E-state index contributed by atoms with van der Waals surface area (Å²) >= 11 is 0. The van der Waals surface area contributed by atoms with E-state index in [0.29, 0.717) is 26.1 Å². The van der Waals surface area contributed by atoms with Gasteiger partial charge >= 0.3 is 6.61 Å². The van der Waals surface area contributed by atoms with Crippen LogP contribution in [0.2, 0.25) is 0 Å². The van der Waals surface area contributed by atoms with E-state index in [9.17, 15) is 18.4 Å². The Morgan fingerprint density at radius 2 is 2.09 bits per heavy atom. The van der Waals surface area contributed by atoms with Gasteiger partial charge in [0.25, 0.3) is 11.8 Å². The predicted molar refractivity (Wildman–Crippen MR) is 78.4 cm³/mol. The highest BCUT2D eigenvalue weighted by Crippen LogP contribution is 2.14. The standard InChI is InChI=1S/C15H19F2N3O3/c16-15(17)23-12-3-1-11(2-4-12)5-6-18-13(21)9-20-8-7-19-14(22)10-20/h1-4,15H,5-10H2,(H,18,21)(H,19,22)/p+1. The van der Waals surface area contributed by atoms with Crippen LogP contribution in [0.1, 0.15) is 5.56 Å². The second kappa shape index (κ2) is 8.42. The van der Waals surface area contributed by atoms with Gasteiger partial charge in [-0.1, -0.05) is 12.1 Å². The van der Waals surface area contributed by atoms with Gasteiger partial charge in [0.2, 0.25) is 0 Å². The summed E-state index contributed by atoms with van der Waals surface area (Å²) in [5.74, 6) is -0.0303. The Bertz CT molecular complexity index is 537. The Morgan fingerprint density at radius 3 is 2.74 bits per heavy atom. The Hall–Kier alpha value is -2.22. The normalized spacial score (nSPS) is 17.7. The lowest BCUT2D eigenvalue weighted by Crippen LogP contribution is -3.16. The summed E-state index contributed by atoms with van der Waals surface area (Å²) in [6, 6.07) is 6.31. The third kappa shape index (κ3) is 6.19. The first kappa shape index (κ1) is 17.1. The van der Waals surface area contributed by atoms with Gasteiger partial charge in [-0.25, -0.2) is 0 Å². The second-order valence-corrected chi connectivity index (χ2v) is 5.33. The SMILES string of the molecule is O=C(C[NH+]1CCNC(=O)C1)NCCc1ccc(OC(F)F)cc1. The largest absolute Gasteiger partial charge is 0.435 e. The molecule has 0 spiro atoms. The molecule has 1 aromatic rings. The molecule has 0 aromatic heterocycles. The fourth-order valence-electron chi connectivity index (χ4n) is 2.38. The van der Waals surface area contributed by atoms with Crippen LogP contribution < -0.4 is 20.3 Å². The highest BCUT2D eigenvalue weighted by molar-refractivity contribution is 5.79. The van der Waals surface area contributed by atoms with Crippen LogP contribution in [0.15, 0.2) is 24.3 Å². The van der Waals surface area contributed by atoms with Crippen LogP contribution in [0.3, 0.4) is 0 Å². The molecule has 1 atom stereocenters. The van der Waals surface area contributed by atoms with Gasteiger partial charge in [0.1, 0.15) is 5.75 Å². The number of amides is 2. The number of piperazine rings is 1. The van der Waals surface area contributed by atoms with Crippen molar-refractivity contribution in [2.75, 3.05) is 32.7 Å². The van der Waals surface area contributed by atoms with Crippen LogP contribution in [0.4, 0.5) is 8.78 Å². The summed E-state index contributed by atoms with van der Waals surface area (Å²) < 4.78 is 28.3. The minimum absolute atomic E-state index is 0.0369. The molecule has 0 aliphatic carbocycles. The summed E-state index contributed by atoms with van der Waals surface area (Å²) in [5.41, 5.74) is 0.914. The van der Waals surface area contributed by atoms with Gasteiger partial charge in [0.05, 0.1) is 13.1 Å². The van der Waals surface area contributed by atoms with E-state index in [0.717, 1.165) is 17.0 Å². The molecule has 1 aliphatic heterocycles. The summed E-state index contributed by atoms with van der Waals surface area (Å²) in [5, 5.41) is 5.51. The maximum Gasteiger partial charge on any atom is 0.387 e. The number of nitrogens with one attached hydrogen (secondary N) is 3. The minimum atomic E-state index is -2.83. The van der Waals surface area contributed by atoms with Crippen molar-refractivity contribution in [1.82, 2.24) is 10.6 Å². The summed E-state index contributed by atoms with van der Waals surface area (Å²) in [6.45, 7) is -0.459. The monoisotopic (exact) mass is 328 g/mol. The van der Waals surface area contributed by atoms with Gasteiger partial charge in [-0.15, -0.1) is 0 Å². The van der Waals surface area contributed by atoms with Crippen molar-refractivity contribution in [2.45, 2.75) is 13.0 Å². The van der Waals surface area contributed by atoms with E-state index < -0.39 is 6.61 Å². The van der Waals surface area contributed by atoms with Crippen LogP contribution in [0.25, 0.3) is 0 Å². The molecule has 23 heavy (non-hydrogen) atoms. The van der Waals surface area contributed by atoms with Crippen LogP contribution in [-0.4, -0.2) is 51.1 Å². The number of hydrogen-bond acceptors (Lipinski definition) is 3. The van der Waals surface area contributed by atoms with Crippen molar-refractivity contribution in [3.8, 4) is 5.75 Å². The first-order valence-corrected chi connectivity index (χ1v) is 7.43. The zero-order valence-corrected chi connectivity index (χ0v) is 12.6. The molecule has 1 unspecified atom stereocenters. The number of hydrogen-bond donors (Lipinski definition) is 3. The smallest absolute Gasteiger partial charge is 0.387 e. The fourth-order valence-corrected chi connectivity index (χ4v) is 2.38. The molecule has 1 saturated heterocycles. The van der Waals surface area contributed by atoms with Gasteiger partial charge < -0.3 is 20.3 Å². The average Bonchev–Trinajstić information content (AvgIpc) is 2.48. The van der Waals surface area contributed by atoms with E-state index in [1.165, 1.54) is 12.1 Å². The summed E-state index contributed by atoms with van der Waals surface area (Å²) in [4.78, 5) is 24.0. The highest BCUT2D eigenvalue weighted by Gasteiger charge is 2.21. The van der Waals surface area contributed by atoms with E-state index in [2.05, 4.69) is 15.4 Å². The topological polar surface area (TPSA) is 71.9 Å². The summed E-state index contributed by atoms with van der Waals surface area (Å²) in [6.07, 6.45) is 0.594. The number of ether oxygens (including phenoxy) is 1. The lowest BCUT2D eigenvalue weighted by Gasteiger charge is -2.22. The second-order valence-electron chi connectivity index (χ2n) is 5.33. The van der Waals surface area contributed by atoms with E-state index in [-0.39, 0.29) is 24.1 Å². The average molecular weight is 328 g/mol. The van der Waals surface area contributed by atoms with Gasteiger partial charge in [-0.2, -0.15) is 8.78 Å². The fraction of sp³-hybridized carbons (Fsp3) is 0.467. The lowest BCUT2D eigenvalue weighted by molar-refractivity contribution is -0.885. The molecule has 0 saturated carbocycles. The molecule has 2 amide bonds. The molecular formula is C15H20F2N3O3+. The molecule has 1 fully saturated rings. The Morgan fingerprint density at radius 1 is 1.35 bits per heavy atom. The molecule has 0 bridgehead atoms. The van der Waals surface area contributed by atoms with E-state index >= 15 is 0 Å². The first-order valence-electron chi connectivity index (χ1n) is 7.43. The first-order chi connectivity index (χ1) is 11.0. The molecule has 1 aliphatic rings. The lowest BCUT2D eigenvalue weighted by atomic mass is 10.1. The van der Waals surface area contributed by atoms with Crippen LogP contribution in [0.5, 0.6) is 5.75 Å². The van der Waals surface area contributed by atoms with Gasteiger partial charge in [-0.3, -0.25) is 9.59 Å². The van der Waals surface area contributed by atoms with Crippen LogP contribution in [0, 0.1) is 0 Å². The molecule has 126 valence electrons. The molecule has 6 nitrogen and oxygen atoms in total. The van der Waals surface area contributed by atoms with Crippen molar-refractivity contribution in [1.29, 1.82) is 0 Å². The van der Waals surface area contributed by atoms with Crippen molar-refractivity contribution in [3.63, 3.8) is 0 Å². The number of benzene rings is 1. The number of carbonyl (C=O) groups is 2. The Kier molecular flexibility index (Phi) is 6.28. The van der Waals surface area contributed by atoms with E-state index in [4.69, 9.17) is 0 Å². The maximum absolute atomic E-state index is 12.0. The number of rotatable bonds is 7. The van der Waals surface area contributed by atoms with E-state index in [1.54, 1.807) is 12.1 Å². The van der Waals surface area contributed by atoms with Gasteiger partial charge in [0, 0.05) is 6.54 Å². The van der Waals surface area contributed by atoms with Crippen molar-refractivity contribution < 1.29 is 28.0 Å². The quantitative estimate of drug-likeness (QED) is 0.599. The third-order valence-corrected chi connectivity index (χ3v) is 3.51. The Labute approximate surface area is 132 Å². The molecule has 8 heteroatoms. The van der Waals surface area contributed by atoms with Crippen molar-refractivity contribution in [2.24, 2.45) is 0 Å². The molecule has 0 radical (unpaired) electrons. The van der Waals surface area contributed by atoms with Crippen molar-refractivity contribution >= 4 is 11.8 Å². The molecular weight excluding hydrogens is 308 g/mol. The minimum Gasteiger partial charge on any atom is -0.435 e. The van der Waals surface area contributed by atoms with Crippen LogP contribution in [-0.2, 0) is 16.0 Å². The zero-order valence-electron chi connectivity index (χ0n) is 12.6. The number of halogens is 2. The number of quaternary nitrogens is 1. The van der Waals surface area contributed by atoms with E-state index in [1.807, 2.05) is 0 Å². The number of carbonyl (C=O) groups excluding carboxylic acids is 2. The molecule has 3 N–H and O–H groups in total. The molecule has 1 heterocycles. The zero-order chi connectivity index (χ0) is 16.7. The highest BCUT2D eigenvalue weighted by atomic mass is 19.3. The number of alkyl halides is 2. The van der Waals surface area contributed by atoms with Gasteiger partial charge in [-0.05, 0) is 24.1 Å². The van der Waals surface area contributed by atoms with Crippen LogP contribution >= 0.6 is 0 Å². The predicted octanol–water partition coefficient (Wildman–Crippen LogP) is -1.04. The Balaban J connectivity index is 1.67. The maximum atomic E-state index is 12.0. The molecule has 1 aromatic carbocycles. The van der Waals surface area contributed by atoms with Gasteiger partial charge in [0.15, 0.2) is 13.1 Å². The summed E-state index contributed by atoms with van der Waals surface area (Å²) in [7, 11) is 0. The molecule has 2 rings (SSSR count). The van der Waals surface area contributed by atoms with Crippen molar-refractivity contribution in [3.05, 3.63) is 29.8 Å².